The van der Waals surface area contributed by atoms with Crippen LogP contribution in [0.1, 0.15) is 203 Å². The van der Waals surface area contributed by atoms with Crippen molar-refractivity contribution in [3.8, 4) is 0 Å². The molecule has 2 aliphatic carbocycles. The van der Waals surface area contributed by atoms with Crippen molar-refractivity contribution in [3.05, 3.63) is 0 Å². The molecular formula is C57H126O14. The molecule has 2 N–H and O–H groups in total. The number of ether oxygens (including phenoxy) is 12. The predicted octanol–water partition coefficient (Wildman–Crippen LogP) is 12.3. The van der Waals surface area contributed by atoms with Gasteiger partial charge in [-0.2, -0.15) is 0 Å². The van der Waals surface area contributed by atoms with E-state index in [2.05, 4.69) is 55.4 Å². The maximum atomic E-state index is 8.68. The Morgan fingerprint density at radius 3 is 0.958 bits per heavy atom. The number of aliphatic hydroxyl groups excluding tert-OH is 2. The molecule has 0 aliphatic heterocycles. The lowest BCUT2D eigenvalue weighted by molar-refractivity contribution is -0.0347. The van der Waals surface area contributed by atoms with Gasteiger partial charge in [0.2, 0.25) is 0 Å². The van der Waals surface area contributed by atoms with Crippen molar-refractivity contribution in [2.45, 2.75) is 270 Å². The van der Waals surface area contributed by atoms with Crippen LogP contribution in [0.25, 0.3) is 0 Å². The summed E-state index contributed by atoms with van der Waals surface area (Å²) >= 11 is 0. The third kappa shape index (κ3) is 99.1. The number of hydrogen-bond acceptors (Lipinski definition) is 14. The molecule has 0 aromatic rings. The molecule has 0 saturated heterocycles. The standard InChI is InChI=1S/C10H20O.C8H18O3.C8H18O2.C7H14O.3C6H14O2.C6H14O/c1-9(2)11-8-10-6-4-3-5-7-10;1-8(2)11-7-6-10-5-4-9-3;1-4-5-9-6-7-10-8(2)3;1-6(2)8-7-4-3-5-7;1-6(2)8-5-4-7-3;2*1-5(2)8-4-6(3)7;1-4-5-7-6(2)3/h9-10H,3-8H2,1-2H3;8H,4-7H2,1-3H3;8H,4-7H2,1-3H3;6-7H,3-5H2,1-2H3;6H,4-5H2,1-3H3;2*5-7H,4H2,1-3H3;6H,4-5H2,1-3H3/t;;;;;6-;;/m.....1../s1. The van der Waals surface area contributed by atoms with Crippen molar-refractivity contribution >= 4 is 0 Å². The van der Waals surface area contributed by atoms with Gasteiger partial charge in [-0.1, -0.05) is 33.1 Å². The summed E-state index contributed by atoms with van der Waals surface area (Å²) in [6, 6.07) is 0. The largest absolute Gasteiger partial charge is 0.391 e. The topological polar surface area (TPSA) is 151 Å². The molecule has 2 aliphatic rings. The summed E-state index contributed by atoms with van der Waals surface area (Å²) in [6.45, 7) is 49.1. The van der Waals surface area contributed by atoms with E-state index < -0.39 is 0 Å². The highest BCUT2D eigenvalue weighted by molar-refractivity contribution is 4.69. The van der Waals surface area contributed by atoms with Gasteiger partial charge in [0.05, 0.1) is 133 Å². The summed E-state index contributed by atoms with van der Waals surface area (Å²) in [4.78, 5) is 0. The van der Waals surface area contributed by atoms with Crippen molar-refractivity contribution in [1.82, 2.24) is 0 Å². The highest BCUT2D eigenvalue weighted by Gasteiger charge is 2.18. The fourth-order valence-corrected chi connectivity index (χ4v) is 5.13. The Morgan fingerprint density at radius 2 is 0.690 bits per heavy atom. The van der Waals surface area contributed by atoms with Crippen molar-refractivity contribution in [2.75, 3.05) is 100 Å². The molecule has 71 heavy (non-hydrogen) atoms. The van der Waals surface area contributed by atoms with E-state index in [4.69, 9.17) is 67.1 Å². The zero-order chi connectivity index (χ0) is 55.7. The summed E-state index contributed by atoms with van der Waals surface area (Å²) in [5.41, 5.74) is 0. The average Bonchev–Trinajstić information content (AvgIpc) is 3.27. The lowest BCUT2D eigenvalue weighted by atomic mass is 9.90. The minimum Gasteiger partial charge on any atom is -0.391 e. The van der Waals surface area contributed by atoms with Crippen LogP contribution in [0.4, 0.5) is 0 Å². The quantitative estimate of drug-likeness (QED) is 0.0634. The van der Waals surface area contributed by atoms with Gasteiger partial charge in [0.15, 0.2) is 0 Å². The molecule has 0 amide bonds. The average molecular weight is 1040 g/mol. The van der Waals surface area contributed by atoms with Crippen LogP contribution in [-0.4, -0.2) is 177 Å². The van der Waals surface area contributed by atoms with Crippen LogP contribution in [0, 0.1) is 5.92 Å². The van der Waals surface area contributed by atoms with Crippen LogP contribution in [0.15, 0.2) is 0 Å². The Labute approximate surface area is 441 Å². The van der Waals surface area contributed by atoms with Crippen LogP contribution >= 0.6 is 0 Å². The van der Waals surface area contributed by atoms with Gasteiger partial charge in [0, 0.05) is 34.0 Å². The molecule has 0 radical (unpaired) electrons. The van der Waals surface area contributed by atoms with Gasteiger partial charge in [-0.05, 0) is 175 Å². The number of rotatable bonds is 31. The van der Waals surface area contributed by atoms with E-state index in [0.717, 1.165) is 51.8 Å². The van der Waals surface area contributed by atoms with Crippen molar-refractivity contribution in [2.24, 2.45) is 5.92 Å². The number of methoxy groups -OCH3 is 2. The number of hydrogen-bond donors (Lipinski definition) is 2. The first kappa shape index (κ1) is 81.8. The maximum absolute atomic E-state index is 8.68. The van der Waals surface area contributed by atoms with Crippen LogP contribution in [-0.2, 0) is 56.8 Å². The molecule has 438 valence electrons. The van der Waals surface area contributed by atoms with Crippen LogP contribution in [0.5, 0.6) is 0 Å². The van der Waals surface area contributed by atoms with Gasteiger partial charge >= 0.3 is 0 Å². The summed E-state index contributed by atoms with van der Waals surface area (Å²) < 4.78 is 62.0. The van der Waals surface area contributed by atoms with Crippen LogP contribution < -0.4 is 0 Å². The normalized spacial score (nSPS) is 14.4. The van der Waals surface area contributed by atoms with Crippen molar-refractivity contribution in [3.63, 3.8) is 0 Å². The SMILES string of the molecule is CC(C)OC1CCC1.CC(C)OCC1CCCCC1.CC(C)OC[C@@H](C)O.CC(O)COC(C)C.CCCOC(C)C.CCCOCCOC(C)C.COCCOC(C)C.COCCOCCOC(C)C. The van der Waals surface area contributed by atoms with E-state index in [1.165, 1.54) is 51.4 Å². The van der Waals surface area contributed by atoms with Gasteiger partial charge in [-0.3, -0.25) is 0 Å². The predicted molar refractivity (Wildman–Crippen MR) is 297 cm³/mol. The molecule has 1 unspecified atom stereocenters. The van der Waals surface area contributed by atoms with Crippen molar-refractivity contribution < 1.29 is 67.1 Å². The molecule has 2 rings (SSSR count). The van der Waals surface area contributed by atoms with Gasteiger partial charge < -0.3 is 67.1 Å². The monoisotopic (exact) mass is 1030 g/mol. The van der Waals surface area contributed by atoms with E-state index in [1.807, 2.05) is 69.2 Å². The second-order valence-electron chi connectivity index (χ2n) is 20.0. The Morgan fingerprint density at radius 1 is 0.352 bits per heavy atom. The van der Waals surface area contributed by atoms with Gasteiger partial charge in [-0.25, -0.2) is 0 Å². The Hall–Kier alpha value is -0.560. The molecule has 2 fully saturated rings. The summed E-state index contributed by atoms with van der Waals surface area (Å²) in [5, 5.41) is 17.4. The summed E-state index contributed by atoms with van der Waals surface area (Å²) in [5.74, 6) is 0.867. The van der Waals surface area contributed by atoms with E-state index in [9.17, 15) is 0 Å². The van der Waals surface area contributed by atoms with Crippen LogP contribution in [0.2, 0.25) is 0 Å². The maximum Gasteiger partial charge on any atom is 0.0745 e. The Bertz CT molecular complexity index is 862. The third-order valence-electron chi connectivity index (χ3n) is 8.78. The molecule has 14 nitrogen and oxygen atoms in total. The van der Waals surface area contributed by atoms with Crippen molar-refractivity contribution in [1.29, 1.82) is 0 Å². The molecular weight excluding hydrogens is 909 g/mol. The smallest absolute Gasteiger partial charge is 0.0745 e. The van der Waals surface area contributed by atoms with Gasteiger partial charge in [-0.15, -0.1) is 0 Å². The molecule has 2 atom stereocenters. The first-order chi connectivity index (χ1) is 33.4. The highest BCUT2D eigenvalue weighted by Crippen LogP contribution is 2.24. The Balaban J connectivity index is -0.000000171. The zero-order valence-corrected chi connectivity index (χ0v) is 51.0. The molecule has 0 aromatic carbocycles. The third-order valence-corrected chi connectivity index (χ3v) is 8.78. The van der Waals surface area contributed by atoms with Gasteiger partial charge in [0.25, 0.3) is 0 Å². The fourth-order valence-electron chi connectivity index (χ4n) is 5.13. The molecule has 0 aromatic heterocycles. The molecule has 0 spiro atoms. The molecule has 2 saturated carbocycles. The second kappa shape index (κ2) is 65.6. The molecule has 0 heterocycles. The first-order valence-corrected chi connectivity index (χ1v) is 27.9. The number of aliphatic hydroxyl groups is 2. The summed E-state index contributed by atoms with van der Waals surface area (Å²) in [6.07, 6.45) is 15.8. The summed E-state index contributed by atoms with van der Waals surface area (Å²) in [7, 11) is 3.33. The van der Waals surface area contributed by atoms with Gasteiger partial charge in [0.1, 0.15) is 0 Å². The van der Waals surface area contributed by atoms with Crippen LogP contribution in [0.3, 0.4) is 0 Å². The van der Waals surface area contributed by atoms with E-state index >= 15 is 0 Å². The molecule has 0 bridgehead atoms. The van der Waals surface area contributed by atoms with E-state index in [0.29, 0.717) is 95.6 Å². The zero-order valence-electron chi connectivity index (χ0n) is 51.0. The lowest BCUT2D eigenvalue weighted by Gasteiger charge is -2.27. The minimum absolute atomic E-state index is 0.226. The second-order valence-corrected chi connectivity index (χ2v) is 20.0. The first-order valence-electron chi connectivity index (χ1n) is 27.9. The minimum atomic E-state index is -0.336. The lowest BCUT2D eigenvalue weighted by Crippen LogP contribution is -2.24. The van der Waals surface area contributed by atoms with E-state index in [1.54, 1.807) is 28.1 Å². The fraction of sp³-hybridized carbons (Fsp3) is 1.00. The molecule has 14 heteroatoms. The highest BCUT2D eigenvalue weighted by atomic mass is 16.5. The Kier molecular flexibility index (Phi) is 75.5. The van der Waals surface area contributed by atoms with E-state index in [-0.39, 0.29) is 24.4 Å².